The number of nitrogens with zero attached hydrogens (tertiary/aromatic N) is 2. The maximum absolute atomic E-state index is 12.1. The fourth-order valence-electron chi connectivity index (χ4n) is 2.55. The first kappa shape index (κ1) is 17.5. The fourth-order valence-corrected chi connectivity index (χ4v) is 3.20. The molecule has 0 radical (unpaired) electrons. The highest BCUT2D eigenvalue weighted by molar-refractivity contribution is 7.09. The van der Waals surface area contributed by atoms with Crippen molar-refractivity contribution in [3.05, 3.63) is 39.8 Å². The van der Waals surface area contributed by atoms with E-state index in [1.165, 1.54) is 5.69 Å². The Labute approximate surface area is 142 Å². The number of benzene rings is 1. The number of anilines is 2. The lowest BCUT2D eigenvalue weighted by atomic mass is 10.1. The summed E-state index contributed by atoms with van der Waals surface area (Å²) in [6, 6.07) is 6.19. The van der Waals surface area contributed by atoms with Gasteiger partial charge in [0.25, 0.3) is 0 Å². The summed E-state index contributed by atoms with van der Waals surface area (Å²) in [6.07, 6.45) is 1.15. The third kappa shape index (κ3) is 4.79. The Morgan fingerprint density at radius 1 is 1.26 bits per heavy atom. The van der Waals surface area contributed by atoms with Crippen molar-refractivity contribution >= 4 is 28.6 Å². The minimum Gasteiger partial charge on any atom is -0.372 e. The largest absolute Gasteiger partial charge is 0.372 e. The zero-order valence-corrected chi connectivity index (χ0v) is 15.2. The van der Waals surface area contributed by atoms with Gasteiger partial charge in [-0.15, -0.1) is 11.3 Å². The van der Waals surface area contributed by atoms with Gasteiger partial charge in [0.2, 0.25) is 5.91 Å². The van der Waals surface area contributed by atoms with E-state index in [9.17, 15) is 4.79 Å². The second-order valence-corrected chi connectivity index (χ2v) is 6.64. The Balaban J connectivity index is 1.95. The molecule has 0 aliphatic carbocycles. The molecule has 0 aliphatic heterocycles. The molecule has 0 atom stereocenters. The van der Waals surface area contributed by atoms with Gasteiger partial charge >= 0.3 is 0 Å². The predicted molar refractivity (Wildman–Crippen MR) is 98.5 cm³/mol. The first-order valence-electron chi connectivity index (χ1n) is 8.10. The summed E-state index contributed by atoms with van der Waals surface area (Å²) in [5, 5.41) is 6.07. The number of rotatable bonds is 7. The lowest BCUT2D eigenvalue weighted by Gasteiger charge is -2.22. The van der Waals surface area contributed by atoms with E-state index >= 15 is 0 Å². The molecule has 0 aliphatic rings. The Morgan fingerprint density at radius 3 is 2.57 bits per heavy atom. The van der Waals surface area contributed by atoms with Gasteiger partial charge in [0.15, 0.2) is 0 Å². The van der Waals surface area contributed by atoms with Crippen molar-refractivity contribution in [1.29, 1.82) is 0 Å². The van der Waals surface area contributed by atoms with Crippen molar-refractivity contribution in [3.63, 3.8) is 0 Å². The number of aromatic nitrogens is 1. The topological polar surface area (TPSA) is 45.2 Å². The van der Waals surface area contributed by atoms with Crippen molar-refractivity contribution in [2.45, 2.75) is 40.5 Å². The Bertz CT molecular complexity index is 662. The fraction of sp³-hybridized carbons (Fsp3) is 0.444. The van der Waals surface area contributed by atoms with Crippen LogP contribution in [0.5, 0.6) is 0 Å². The second-order valence-electron chi connectivity index (χ2n) is 5.58. The van der Waals surface area contributed by atoms with Gasteiger partial charge in [-0.25, -0.2) is 4.98 Å². The first-order valence-corrected chi connectivity index (χ1v) is 8.97. The number of carbonyl (C=O) groups excluding carboxylic acids is 1. The van der Waals surface area contributed by atoms with Gasteiger partial charge in [-0.1, -0.05) is 0 Å². The zero-order chi connectivity index (χ0) is 16.8. The van der Waals surface area contributed by atoms with Crippen LogP contribution in [0.1, 0.15) is 36.5 Å². The highest BCUT2D eigenvalue weighted by Crippen LogP contribution is 2.23. The molecule has 1 aromatic carbocycles. The highest BCUT2D eigenvalue weighted by Gasteiger charge is 2.09. The molecule has 1 N–H and O–H groups in total. The average Bonchev–Trinajstić information content (AvgIpc) is 2.95. The van der Waals surface area contributed by atoms with E-state index in [1.54, 1.807) is 11.3 Å². The summed E-state index contributed by atoms with van der Waals surface area (Å²) in [7, 11) is 0. The smallest absolute Gasteiger partial charge is 0.224 e. The van der Waals surface area contributed by atoms with Gasteiger partial charge in [0, 0.05) is 36.3 Å². The molecule has 23 heavy (non-hydrogen) atoms. The molecule has 0 saturated heterocycles. The second kappa shape index (κ2) is 8.11. The molecule has 124 valence electrons. The van der Waals surface area contributed by atoms with Crippen LogP contribution >= 0.6 is 11.3 Å². The zero-order valence-electron chi connectivity index (χ0n) is 14.3. The van der Waals surface area contributed by atoms with Crippen LogP contribution in [0.3, 0.4) is 0 Å². The molecular weight excluding hydrogens is 306 g/mol. The third-order valence-electron chi connectivity index (χ3n) is 3.89. The molecule has 5 heteroatoms. The molecule has 0 fully saturated rings. The van der Waals surface area contributed by atoms with Gasteiger partial charge in [-0.2, -0.15) is 0 Å². The van der Waals surface area contributed by atoms with E-state index in [-0.39, 0.29) is 5.91 Å². The number of nitrogens with one attached hydrogen (secondary N) is 1. The van der Waals surface area contributed by atoms with Crippen LogP contribution in [0, 0.1) is 13.8 Å². The minimum absolute atomic E-state index is 0.0364. The van der Waals surface area contributed by atoms with E-state index in [2.05, 4.69) is 41.2 Å². The maximum Gasteiger partial charge on any atom is 0.224 e. The van der Waals surface area contributed by atoms with Gasteiger partial charge in [-0.05, 0) is 57.9 Å². The standard InChI is InChI=1S/C18H25N3OS/c1-5-21(6-2)16-8-9-17(13(3)11-16)20-18(22)10-7-15-12-23-14(4)19-15/h8-9,11-12H,5-7,10H2,1-4H3,(H,20,22). The number of hydrogen-bond donors (Lipinski definition) is 1. The molecule has 1 heterocycles. The summed E-state index contributed by atoms with van der Waals surface area (Å²) in [5.74, 6) is 0.0364. The van der Waals surface area contributed by atoms with E-state index in [0.29, 0.717) is 12.8 Å². The maximum atomic E-state index is 12.1. The van der Waals surface area contributed by atoms with Crippen molar-refractivity contribution in [1.82, 2.24) is 4.98 Å². The molecule has 0 spiro atoms. The number of thiazole rings is 1. The number of amides is 1. The molecule has 2 rings (SSSR count). The number of carbonyl (C=O) groups is 1. The minimum atomic E-state index is 0.0364. The van der Waals surface area contributed by atoms with Crippen LogP contribution in [-0.2, 0) is 11.2 Å². The van der Waals surface area contributed by atoms with Crippen LogP contribution in [0.15, 0.2) is 23.6 Å². The summed E-state index contributed by atoms with van der Waals surface area (Å²) >= 11 is 1.62. The van der Waals surface area contributed by atoms with E-state index in [4.69, 9.17) is 0 Å². The van der Waals surface area contributed by atoms with Crippen molar-refractivity contribution in [3.8, 4) is 0 Å². The molecule has 1 aromatic heterocycles. The van der Waals surface area contributed by atoms with E-state index < -0.39 is 0 Å². The highest BCUT2D eigenvalue weighted by atomic mass is 32.1. The quantitative estimate of drug-likeness (QED) is 0.828. The van der Waals surface area contributed by atoms with Crippen LogP contribution in [-0.4, -0.2) is 24.0 Å². The molecular formula is C18H25N3OS. The molecule has 2 aromatic rings. The molecule has 0 saturated carbocycles. The lowest BCUT2D eigenvalue weighted by molar-refractivity contribution is -0.116. The summed E-state index contributed by atoms with van der Waals surface area (Å²) in [4.78, 5) is 18.8. The summed E-state index contributed by atoms with van der Waals surface area (Å²) in [6.45, 7) is 10.3. The van der Waals surface area contributed by atoms with Crippen LogP contribution < -0.4 is 10.2 Å². The summed E-state index contributed by atoms with van der Waals surface area (Å²) < 4.78 is 0. The molecule has 1 amide bonds. The van der Waals surface area contributed by atoms with Gasteiger partial charge < -0.3 is 10.2 Å². The monoisotopic (exact) mass is 331 g/mol. The first-order chi connectivity index (χ1) is 11.0. The Morgan fingerprint density at radius 2 is 2.00 bits per heavy atom. The van der Waals surface area contributed by atoms with E-state index in [1.807, 2.05) is 25.3 Å². The number of aryl methyl sites for hydroxylation is 3. The van der Waals surface area contributed by atoms with Gasteiger partial charge in [-0.3, -0.25) is 4.79 Å². The molecule has 0 unspecified atom stereocenters. The third-order valence-corrected chi connectivity index (χ3v) is 4.71. The van der Waals surface area contributed by atoms with Crippen molar-refractivity contribution < 1.29 is 4.79 Å². The van der Waals surface area contributed by atoms with Gasteiger partial charge in [0.05, 0.1) is 10.7 Å². The normalized spacial score (nSPS) is 10.6. The molecule has 0 bridgehead atoms. The van der Waals surface area contributed by atoms with Crippen molar-refractivity contribution in [2.24, 2.45) is 0 Å². The lowest BCUT2D eigenvalue weighted by Crippen LogP contribution is -2.22. The van der Waals surface area contributed by atoms with Crippen LogP contribution in [0.2, 0.25) is 0 Å². The van der Waals surface area contributed by atoms with Crippen LogP contribution in [0.25, 0.3) is 0 Å². The SMILES string of the molecule is CCN(CC)c1ccc(NC(=O)CCc2csc(C)n2)c(C)c1. The van der Waals surface area contributed by atoms with Gasteiger partial charge in [0.1, 0.15) is 0 Å². The predicted octanol–water partition coefficient (Wildman–Crippen LogP) is 4.18. The van der Waals surface area contributed by atoms with E-state index in [0.717, 1.165) is 35.0 Å². The molecule has 4 nitrogen and oxygen atoms in total. The average molecular weight is 331 g/mol. The summed E-state index contributed by atoms with van der Waals surface area (Å²) in [5.41, 5.74) is 4.17. The van der Waals surface area contributed by atoms with Crippen molar-refractivity contribution in [2.75, 3.05) is 23.3 Å². The Hall–Kier alpha value is -1.88. The number of hydrogen-bond acceptors (Lipinski definition) is 4. The Kier molecular flexibility index (Phi) is 6.16. The van der Waals surface area contributed by atoms with Crippen LogP contribution in [0.4, 0.5) is 11.4 Å².